The number of aliphatic hydroxyl groups excluding tert-OH is 1. The minimum atomic E-state index is -1.75. The lowest BCUT2D eigenvalue weighted by molar-refractivity contribution is -0.142. The molecule has 0 aliphatic heterocycles. The van der Waals surface area contributed by atoms with Crippen molar-refractivity contribution >= 4 is 14.3 Å². The number of hydrogen-bond acceptors (Lipinski definition) is 4. The van der Waals surface area contributed by atoms with E-state index in [4.69, 9.17) is 9.16 Å². The highest BCUT2D eigenvalue weighted by molar-refractivity contribution is 6.74. The van der Waals surface area contributed by atoms with E-state index < -0.39 is 8.32 Å². The fourth-order valence-electron chi connectivity index (χ4n) is 8.67. The molecule has 35 heavy (non-hydrogen) atoms. The molecule has 9 atom stereocenters. The van der Waals surface area contributed by atoms with Crippen LogP contribution in [0.2, 0.25) is 18.1 Å². The molecule has 4 rings (SSSR count). The van der Waals surface area contributed by atoms with Crippen LogP contribution in [0, 0.1) is 40.4 Å². The van der Waals surface area contributed by atoms with Gasteiger partial charge in [-0.05, 0) is 91.7 Å². The molecular formula is C30H52O4Si. The summed E-state index contributed by atoms with van der Waals surface area (Å²) in [5.74, 6) is 2.26. The third kappa shape index (κ3) is 4.72. The van der Waals surface area contributed by atoms with E-state index in [0.29, 0.717) is 35.9 Å². The van der Waals surface area contributed by atoms with Gasteiger partial charge in [0, 0.05) is 24.9 Å². The second-order valence-corrected chi connectivity index (χ2v) is 19.4. The fourth-order valence-corrected chi connectivity index (χ4v) is 10.1. The molecule has 5 heteroatoms. The lowest BCUT2D eigenvalue weighted by Gasteiger charge is -2.61. The first-order valence-corrected chi connectivity index (χ1v) is 17.2. The van der Waals surface area contributed by atoms with E-state index in [2.05, 4.69) is 60.7 Å². The second kappa shape index (κ2) is 9.27. The normalized spacial score (nSPS) is 42.4. The molecule has 0 amide bonds. The highest BCUT2D eigenvalue weighted by Gasteiger charge is 2.61. The highest BCUT2D eigenvalue weighted by atomic mass is 28.4. The highest BCUT2D eigenvalue weighted by Crippen LogP contribution is 2.67. The molecule has 4 aliphatic rings. The van der Waals surface area contributed by atoms with Gasteiger partial charge in [0.2, 0.25) is 0 Å². The Morgan fingerprint density at radius 3 is 2.49 bits per heavy atom. The van der Waals surface area contributed by atoms with Crippen molar-refractivity contribution in [3.05, 3.63) is 11.6 Å². The second-order valence-electron chi connectivity index (χ2n) is 14.6. The maximum absolute atomic E-state index is 11.4. The third-order valence-corrected chi connectivity index (χ3v) is 16.1. The van der Waals surface area contributed by atoms with Crippen LogP contribution in [0.5, 0.6) is 0 Å². The number of fused-ring (bicyclic) bond motifs is 5. The maximum Gasteiger partial charge on any atom is 0.302 e. The van der Waals surface area contributed by atoms with Gasteiger partial charge in [-0.15, -0.1) is 0 Å². The summed E-state index contributed by atoms with van der Waals surface area (Å²) in [6.07, 6.45) is 10.8. The van der Waals surface area contributed by atoms with E-state index in [1.165, 1.54) is 51.0 Å². The Morgan fingerprint density at radius 2 is 1.86 bits per heavy atom. The lowest BCUT2D eigenvalue weighted by Crippen LogP contribution is -2.56. The summed E-state index contributed by atoms with van der Waals surface area (Å²) in [5, 5.41) is 11.6. The molecule has 0 radical (unpaired) electrons. The van der Waals surface area contributed by atoms with Gasteiger partial charge in [-0.25, -0.2) is 0 Å². The number of carbonyl (C=O) groups is 1. The van der Waals surface area contributed by atoms with Crippen molar-refractivity contribution in [2.75, 3.05) is 6.61 Å². The van der Waals surface area contributed by atoms with Gasteiger partial charge in [0.15, 0.2) is 8.32 Å². The van der Waals surface area contributed by atoms with Crippen LogP contribution >= 0.6 is 0 Å². The lowest BCUT2D eigenvalue weighted by atomic mass is 9.44. The zero-order valence-electron chi connectivity index (χ0n) is 23.9. The van der Waals surface area contributed by atoms with E-state index in [1.807, 2.05) is 0 Å². The van der Waals surface area contributed by atoms with E-state index in [1.54, 1.807) is 0 Å². The van der Waals surface area contributed by atoms with E-state index in [-0.39, 0.29) is 28.4 Å². The monoisotopic (exact) mass is 504 g/mol. The SMILES string of the molecule is CC(=O)OC[C@H](C)C1=C[C@H](O)[C@H]2[C@@H]3CC[C@H]4C[C@@H](O[Si](C)(C)C(C)(C)C)CC[C@]4(C)[C@H]3CC[C@]12C. The van der Waals surface area contributed by atoms with Gasteiger partial charge >= 0.3 is 5.97 Å². The number of esters is 1. The minimum Gasteiger partial charge on any atom is -0.465 e. The predicted octanol–water partition coefficient (Wildman–Crippen LogP) is 7.13. The quantitative estimate of drug-likeness (QED) is 0.246. The predicted molar refractivity (Wildman–Crippen MR) is 144 cm³/mol. The Kier molecular flexibility index (Phi) is 7.25. The van der Waals surface area contributed by atoms with Crippen molar-refractivity contribution in [1.29, 1.82) is 0 Å². The smallest absolute Gasteiger partial charge is 0.302 e. The molecule has 0 aromatic rings. The van der Waals surface area contributed by atoms with Gasteiger partial charge in [0.25, 0.3) is 0 Å². The summed E-state index contributed by atoms with van der Waals surface area (Å²) in [6.45, 7) is 20.9. The number of ether oxygens (including phenoxy) is 1. The molecule has 0 saturated heterocycles. The molecule has 1 N–H and O–H groups in total. The summed E-state index contributed by atoms with van der Waals surface area (Å²) >= 11 is 0. The number of carbonyl (C=O) groups excluding carboxylic acids is 1. The van der Waals surface area contributed by atoms with Crippen molar-refractivity contribution < 1.29 is 19.1 Å². The fraction of sp³-hybridized carbons (Fsp3) is 0.900. The van der Waals surface area contributed by atoms with Gasteiger partial charge < -0.3 is 14.3 Å². The summed E-state index contributed by atoms with van der Waals surface area (Å²) in [4.78, 5) is 11.4. The molecule has 4 aliphatic carbocycles. The molecule has 0 unspecified atom stereocenters. The van der Waals surface area contributed by atoms with Crippen LogP contribution in [-0.2, 0) is 14.0 Å². The number of hydrogen-bond donors (Lipinski definition) is 1. The topological polar surface area (TPSA) is 55.8 Å². The maximum atomic E-state index is 11.4. The first kappa shape index (κ1) is 27.4. The zero-order valence-corrected chi connectivity index (χ0v) is 24.9. The largest absolute Gasteiger partial charge is 0.465 e. The van der Waals surface area contributed by atoms with Crippen molar-refractivity contribution in [2.45, 2.75) is 124 Å². The van der Waals surface area contributed by atoms with Crippen LogP contribution in [0.1, 0.15) is 93.4 Å². The molecule has 4 nitrogen and oxygen atoms in total. The summed E-state index contributed by atoms with van der Waals surface area (Å²) in [6, 6.07) is 0. The standard InChI is InChI=1S/C30H52O4Si/c1-19(18-33-20(2)31)25-17-26(32)27-23-11-10-21-16-22(34-35(8,9)28(3,4)5)12-14-29(21,6)24(23)13-15-30(25,27)7/h17,19,21-24,26-27,32H,10-16,18H2,1-9H3/t19-,21-,22-,23+,24-,26-,27+,29-,30+/m0/s1. The van der Waals surface area contributed by atoms with E-state index >= 15 is 0 Å². The molecular weight excluding hydrogens is 452 g/mol. The van der Waals surface area contributed by atoms with Crippen LogP contribution < -0.4 is 0 Å². The number of rotatable bonds is 5. The van der Waals surface area contributed by atoms with E-state index in [0.717, 1.165) is 12.3 Å². The Bertz CT molecular complexity index is 844. The Hall–Kier alpha value is -0.653. The van der Waals surface area contributed by atoms with Crippen LogP contribution in [0.4, 0.5) is 0 Å². The molecule has 3 fully saturated rings. The van der Waals surface area contributed by atoms with Crippen molar-refractivity contribution in [3.63, 3.8) is 0 Å². The average Bonchev–Trinajstić information content (AvgIpc) is 3.02. The van der Waals surface area contributed by atoms with Gasteiger partial charge in [0.1, 0.15) is 0 Å². The molecule has 0 bridgehead atoms. The summed E-state index contributed by atoms with van der Waals surface area (Å²) in [7, 11) is -1.75. The van der Waals surface area contributed by atoms with Crippen LogP contribution in [0.15, 0.2) is 11.6 Å². The summed E-state index contributed by atoms with van der Waals surface area (Å²) < 4.78 is 12.3. The first-order valence-electron chi connectivity index (χ1n) is 14.3. The molecule has 200 valence electrons. The molecule has 0 spiro atoms. The Balaban J connectivity index is 1.48. The molecule has 3 saturated carbocycles. The van der Waals surface area contributed by atoms with Crippen LogP contribution in [0.3, 0.4) is 0 Å². The molecule has 0 heterocycles. The third-order valence-electron chi connectivity index (χ3n) is 11.6. The van der Waals surface area contributed by atoms with Gasteiger partial charge in [-0.1, -0.05) is 53.2 Å². The van der Waals surface area contributed by atoms with Crippen LogP contribution in [-0.4, -0.2) is 38.2 Å². The summed E-state index contributed by atoms with van der Waals surface area (Å²) in [5.41, 5.74) is 1.71. The van der Waals surface area contributed by atoms with Crippen molar-refractivity contribution in [2.24, 2.45) is 40.4 Å². The van der Waals surface area contributed by atoms with Gasteiger partial charge in [-0.3, -0.25) is 4.79 Å². The zero-order chi connectivity index (χ0) is 26.0. The molecule has 0 aromatic carbocycles. The minimum absolute atomic E-state index is 0.0198. The average molecular weight is 505 g/mol. The van der Waals surface area contributed by atoms with Crippen molar-refractivity contribution in [1.82, 2.24) is 0 Å². The van der Waals surface area contributed by atoms with Gasteiger partial charge in [0.05, 0.1) is 12.7 Å². The molecule has 0 aromatic heterocycles. The van der Waals surface area contributed by atoms with E-state index in [9.17, 15) is 9.90 Å². The Labute approximate surface area is 215 Å². The first-order chi connectivity index (χ1) is 16.1. The van der Waals surface area contributed by atoms with Crippen molar-refractivity contribution in [3.8, 4) is 0 Å². The Morgan fingerprint density at radius 1 is 1.17 bits per heavy atom. The number of aliphatic hydroxyl groups is 1. The van der Waals surface area contributed by atoms with Crippen LogP contribution in [0.25, 0.3) is 0 Å². The van der Waals surface area contributed by atoms with Gasteiger partial charge in [-0.2, -0.15) is 0 Å².